The van der Waals surface area contributed by atoms with E-state index in [1.165, 1.54) is 116 Å². The van der Waals surface area contributed by atoms with E-state index in [1.807, 2.05) is 6.92 Å². The van der Waals surface area contributed by atoms with E-state index in [4.69, 9.17) is 12.9 Å². The zero-order valence-electron chi connectivity index (χ0n) is 43.5. The van der Waals surface area contributed by atoms with Gasteiger partial charge in [0.25, 0.3) is 0 Å². The Hall–Kier alpha value is -2.68. The first-order valence-electron chi connectivity index (χ1n) is 25.5. The molecule has 1 N–H and O–H groups in total. The van der Waals surface area contributed by atoms with Crippen LogP contribution in [0, 0.1) is 6.92 Å². The fourth-order valence-corrected chi connectivity index (χ4v) is 10.8. The van der Waals surface area contributed by atoms with Gasteiger partial charge in [0.1, 0.15) is 16.9 Å². The summed E-state index contributed by atoms with van der Waals surface area (Å²) in [5.41, 5.74) is 10.0. The normalized spacial score (nSPS) is 13.1. The van der Waals surface area contributed by atoms with Gasteiger partial charge in [0.15, 0.2) is 0 Å². The van der Waals surface area contributed by atoms with Crippen LogP contribution in [0.25, 0.3) is 21.9 Å². The molecule has 0 atom stereocenters. The average molecular weight is 885 g/mol. The highest BCUT2D eigenvalue weighted by Gasteiger charge is 2.33. The number of rotatable bonds is 25. The van der Waals surface area contributed by atoms with Crippen LogP contribution in [0.4, 0.5) is 0 Å². The molecule has 0 radical (unpaired) electrons. The summed E-state index contributed by atoms with van der Waals surface area (Å²) in [5, 5.41) is 13.3. The zero-order valence-corrected chi connectivity index (χ0v) is 44.4. The fraction of sp³-hybridized carbons (Fsp3) is 0.690. The van der Waals surface area contributed by atoms with Gasteiger partial charge < -0.3 is 13.5 Å². The first kappa shape index (κ1) is 52.9. The van der Waals surface area contributed by atoms with Crippen LogP contribution in [-0.2, 0) is 33.5 Å². The standard InChI is InChI=1S/C58H93O4P/c1-17-21-25-31-55(9,10)44-38-46-47-39-45(56(11,12)32-26-22-18-2)41-50(58(15,16)34-28-24-20-4)53(47)62-63(61-52(46)49(40-44)57(13,14)33-27-23-19-3)60-35-29-30-43-36-42(5)51(59)48(37-43)54(6,7)8/h36-41,59H,17-35H2,1-16H3. The first-order valence-corrected chi connectivity index (χ1v) is 26.6. The molecule has 1 heterocycles. The summed E-state index contributed by atoms with van der Waals surface area (Å²) in [7, 11) is -1.79. The smallest absolute Gasteiger partial charge is 0.387 e. The summed E-state index contributed by atoms with van der Waals surface area (Å²) in [6, 6.07) is 14.3. The first-order chi connectivity index (χ1) is 29.5. The van der Waals surface area contributed by atoms with Crippen LogP contribution in [0.1, 0.15) is 252 Å². The Morgan fingerprint density at radius 1 is 0.492 bits per heavy atom. The number of hydrogen-bond acceptors (Lipinski definition) is 4. The Balaban J connectivity index is 2.09. The maximum absolute atomic E-state index is 10.9. The molecule has 0 aliphatic heterocycles. The van der Waals surface area contributed by atoms with Gasteiger partial charge in [0.05, 0.1) is 6.61 Å². The molecular formula is C58H93O4P. The predicted molar refractivity (Wildman–Crippen MR) is 276 cm³/mol. The van der Waals surface area contributed by atoms with E-state index >= 15 is 0 Å². The van der Waals surface area contributed by atoms with Gasteiger partial charge in [-0.25, -0.2) is 0 Å². The molecule has 1 aromatic heterocycles. The molecule has 4 rings (SSSR count). The summed E-state index contributed by atoms with van der Waals surface area (Å²) in [6.07, 6.45) is 20.7. The molecule has 4 nitrogen and oxygen atoms in total. The van der Waals surface area contributed by atoms with Gasteiger partial charge in [-0.3, -0.25) is 4.52 Å². The van der Waals surface area contributed by atoms with Crippen LogP contribution in [0.3, 0.4) is 0 Å². The summed E-state index contributed by atoms with van der Waals surface area (Å²) in [4.78, 5) is 0. The van der Waals surface area contributed by atoms with Gasteiger partial charge in [0.2, 0.25) is 0 Å². The van der Waals surface area contributed by atoms with E-state index in [0.29, 0.717) is 12.4 Å². The maximum atomic E-state index is 10.9. The molecule has 0 aliphatic carbocycles. The van der Waals surface area contributed by atoms with E-state index in [1.54, 1.807) is 0 Å². The van der Waals surface area contributed by atoms with Crippen LogP contribution in [0.15, 0.2) is 44.8 Å². The van der Waals surface area contributed by atoms with Crippen LogP contribution in [0.5, 0.6) is 5.75 Å². The van der Waals surface area contributed by atoms with E-state index in [0.717, 1.165) is 60.8 Å². The lowest BCUT2D eigenvalue weighted by molar-refractivity contribution is 0.362. The van der Waals surface area contributed by atoms with Crippen molar-refractivity contribution in [3.8, 4) is 5.75 Å². The fourth-order valence-electron chi connectivity index (χ4n) is 9.67. The Morgan fingerprint density at radius 3 is 1.27 bits per heavy atom. The van der Waals surface area contributed by atoms with Gasteiger partial charge in [-0.1, -0.05) is 205 Å². The van der Waals surface area contributed by atoms with E-state index in [2.05, 4.69) is 140 Å². The SMILES string of the molecule is CCCCCC(C)(C)c1cc(C(C)(C)CCCCC)c2op(OCCCc3cc(C)c(O)c(C(C)(C)C)c3)oc3c(C(C)(C)CCCCC)cc(C(C)(C)CCCCC)cc3c2c1. The molecule has 0 saturated heterocycles. The molecule has 0 aliphatic rings. The van der Waals surface area contributed by atoms with Gasteiger partial charge in [0, 0.05) is 21.9 Å². The van der Waals surface area contributed by atoms with Crippen molar-refractivity contribution in [1.29, 1.82) is 0 Å². The van der Waals surface area contributed by atoms with Gasteiger partial charge in [-0.15, -0.1) is 0 Å². The van der Waals surface area contributed by atoms with Crippen molar-refractivity contribution in [3.63, 3.8) is 0 Å². The highest BCUT2D eigenvalue weighted by molar-refractivity contribution is 7.31. The minimum Gasteiger partial charge on any atom is -0.507 e. The third-order valence-corrected chi connectivity index (χ3v) is 15.5. The monoisotopic (exact) mass is 885 g/mol. The van der Waals surface area contributed by atoms with E-state index in [-0.39, 0.29) is 27.1 Å². The van der Waals surface area contributed by atoms with Crippen molar-refractivity contribution in [1.82, 2.24) is 0 Å². The molecule has 4 aromatic rings. The number of hydrogen-bond donors (Lipinski definition) is 1. The molecule has 0 fully saturated rings. The molecular weight excluding hydrogens is 792 g/mol. The van der Waals surface area contributed by atoms with Crippen LogP contribution in [-0.4, -0.2) is 11.7 Å². The van der Waals surface area contributed by atoms with E-state index in [9.17, 15) is 5.11 Å². The lowest BCUT2D eigenvalue weighted by atomic mass is 9.72. The molecule has 0 spiro atoms. The van der Waals surface area contributed by atoms with Crippen LogP contribution in [0.2, 0.25) is 0 Å². The Morgan fingerprint density at radius 2 is 0.889 bits per heavy atom. The minimum atomic E-state index is -1.79. The van der Waals surface area contributed by atoms with E-state index < -0.39 is 8.24 Å². The molecule has 63 heavy (non-hydrogen) atoms. The molecule has 0 saturated carbocycles. The predicted octanol–water partition coefficient (Wildman–Crippen LogP) is 19.1. The number of aryl methyl sites for hydroxylation is 2. The van der Waals surface area contributed by atoms with Gasteiger partial charge in [-0.2, -0.15) is 0 Å². The summed E-state index contributed by atoms with van der Waals surface area (Å²) in [5.74, 6) is 0.408. The van der Waals surface area contributed by atoms with Crippen LogP contribution < -0.4 is 4.52 Å². The number of benzene rings is 3. The summed E-state index contributed by atoms with van der Waals surface area (Å²) in [6.45, 7) is 37.8. The lowest BCUT2D eigenvalue weighted by Crippen LogP contribution is -2.22. The van der Waals surface area contributed by atoms with Crippen molar-refractivity contribution >= 4 is 30.2 Å². The Bertz CT molecular complexity index is 2000. The second kappa shape index (κ2) is 22.7. The van der Waals surface area contributed by atoms with Crippen molar-refractivity contribution in [2.24, 2.45) is 0 Å². The van der Waals surface area contributed by atoms with Gasteiger partial charge in [-0.05, 0) is 112 Å². The zero-order chi connectivity index (χ0) is 46.8. The molecule has 3 aromatic carbocycles. The molecule has 5 heteroatoms. The lowest BCUT2D eigenvalue weighted by Gasteiger charge is -2.32. The molecule has 354 valence electrons. The van der Waals surface area contributed by atoms with Crippen molar-refractivity contribution < 1.29 is 18.0 Å². The topological polar surface area (TPSA) is 55.7 Å². The van der Waals surface area contributed by atoms with Crippen molar-refractivity contribution in [3.05, 3.63) is 75.3 Å². The Kier molecular flexibility index (Phi) is 19.1. The number of aromatic hydroxyl groups is 1. The summed E-state index contributed by atoms with van der Waals surface area (Å²) < 4.78 is 21.6. The number of unbranched alkanes of at least 4 members (excludes halogenated alkanes) is 8. The van der Waals surface area contributed by atoms with Gasteiger partial charge >= 0.3 is 8.24 Å². The maximum Gasteiger partial charge on any atom is 0.387 e. The third-order valence-electron chi connectivity index (χ3n) is 14.4. The number of fused-ring (bicyclic) bond motifs is 3. The second-order valence-electron chi connectivity index (χ2n) is 23.1. The highest BCUT2D eigenvalue weighted by atomic mass is 31.1. The molecule has 0 unspecified atom stereocenters. The Labute approximate surface area is 387 Å². The second-order valence-corrected chi connectivity index (χ2v) is 24.1. The van der Waals surface area contributed by atoms with Crippen molar-refractivity contribution in [2.45, 2.75) is 253 Å². The van der Waals surface area contributed by atoms with Crippen LogP contribution >= 0.6 is 8.24 Å². The highest BCUT2D eigenvalue weighted by Crippen LogP contribution is 2.48. The minimum absolute atomic E-state index is 0.00820. The average Bonchev–Trinajstić information content (AvgIpc) is 3.36. The van der Waals surface area contributed by atoms with Crippen molar-refractivity contribution in [2.75, 3.05) is 6.61 Å². The third kappa shape index (κ3) is 13.9. The largest absolute Gasteiger partial charge is 0.507 e. The number of phenols is 1. The molecule has 0 amide bonds. The molecule has 0 bridgehead atoms. The quantitative estimate of drug-likeness (QED) is 0.0674. The summed E-state index contributed by atoms with van der Waals surface area (Å²) >= 11 is 0. The number of phenolic OH excluding ortho intramolecular Hbond substituents is 1.